The fraction of sp³-hybridized carbons (Fsp3) is 0.650. The number of guanidine groups is 1. The zero-order valence-electron chi connectivity index (χ0n) is 16.1. The minimum atomic E-state index is 0.607. The molecule has 2 saturated heterocycles. The SMILES string of the molecule is CN=C(NCc1cccc(CN2CCOCC2)c1)N1CCC(COC)C1. The zero-order chi connectivity index (χ0) is 18.2. The molecule has 26 heavy (non-hydrogen) atoms. The van der Waals surface area contributed by atoms with Crippen molar-refractivity contribution < 1.29 is 9.47 Å². The van der Waals surface area contributed by atoms with E-state index in [9.17, 15) is 0 Å². The Hall–Kier alpha value is -1.63. The Morgan fingerprint density at radius 2 is 2.08 bits per heavy atom. The van der Waals surface area contributed by atoms with E-state index in [1.165, 1.54) is 17.5 Å². The van der Waals surface area contributed by atoms with Gasteiger partial charge in [-0.2, -0.15) is 0 Å². The molecule has 6 heteroatoms. The van der Waals surface area contributed by atoms with E-state index >= 15 is 0 Å². The molecule has 0 aliphatic carbocycles. The van der Waals surface area contributed by atoms with Gasteiger partial charge < -0.3 is 19.7 Å². The first-order valence-corrected chi connectivity index (χ1v) is 9.61. The summed E-state index contributed by atoms with van der Waals surface area (Å²) in [4.78, 5) is 9.25. The number of likely N-dealkylation sites (tertiary alicyclic amines) is 1. The summed E-state index contributed by atoms with van der Waals surface area (Å²) < 4.78 is 10.7. The third kappa shape index (κ3) is 5.43. The summed E-state index contributed by atoms with van der Waals surface area (Å²) in [6.45, 7) is 8.42. The van der Waals surface area contributed by atoms with Gasteiger partial charge in [-0.15, -0.1) is 0 Å². The monoisotopic (exact) mass is 360 g/mol. The van der Waals surface area contributed by atoms with Crippen molar-refractivity contribution in [2.45, 2.75) is 19.5 Å². The maximum Gasteiger partial charge on any atom is 0.193 e. The van der Waals surface area contributed by atoms with Gasteiger partial charge >= 0.3 is 0 Å². The quantitative estimate of drug-likeness (QED) is 0.616. The van der Waals surface area contributed by atoms with Crippen molar-refractivity contribution in [1.82, 2.24) is 15.1 Å². The maximum absolute atomic E-state index is 5.43. The molecule has 0 spiro atoms. The third-order valence-electron chi connectivity index (χ3n) is 5.15. The van der Waals surface area contributed by atoms with E-state index in [-0.39, 0.29) is 0 Å². The number of ether oxygens (including phenoxy) is 2. The van der Waals surface area contributed by atoms with Crippen LogP contribution in [0.2, 0.25) is 0 Å². The molecule has 144 valence electrons. The minimum Gasteiger partial charge on any atom is -0.384 e. The van der Waals surface area contributed by atoms with Crippen LogP contribution in [0.25, 0.3) is 0 Å². The number of hydrogen-bond donors (Lipinski definition) is 1. The van der Waals surface area contributed by atoms with E-state index in [2.05, 4.69) is 44.4 Å². The summed E-state index contributed by atoms with van der Waals surface area (Å²) in [6, 6.07) is 8.85. The number of hydrogen-bond acceptors (Lipinski definition) is 4. The van der Waals surface area contributed by atoms with Gasteiger partial charge in [-0.3, -0.25) is 9.89 Å². The fourth-order valence-corrected chi connectivity index (χ4v) is 3.77. The molecule has 2 aliphatic heterocycles. The van der Waals surface area contributed by atoms with Crippen LogP contribution in [0.5, 0.6) is 0 Å². The average molecular weight is 361 g/mol. The van der Waals surface area contributed by atoms with Gasteiger partial charge in [-0.05, 0) is 17.5 Å². The van der Waals surface area contributed by atoms with Crippen LogP contribution in [0, 0.1) is 5.92 Å². The van der Waals surface area contributed by atoms with E-state index in [0.717, 1.165) is 65.0 Å². The summed E-state index contributed by atoms with van der Waals surface area (Å²) in [5.74, 6) is 1.59. The Labute approximate surface area is 157 Å². The van der Waals surface area contributed by atoms with Gasteiger partial charge in [0, 0.05) is 59.3 Å². The van der Waals surface area contributed by atoms with Crippen LogP contribution >= 0.6 is 0 Å². The van der Waals surface area contributed by atoms with Crippen molar-refractivity contribution in [2.75, 3.05) is 60.2 Å². The van der Waals surface area contributed by atoms with Crippen LogP contribution in [0.15, 0.2) is 29.3 Å². The van der Waals surface area contributed by atoms with Crippen LogP contribution in [0.3, 0.4) is 0 Å². The van der Waals surface area contributed by atoms with Crippen molar-refractivity contribution in [2.24, 2.45) is 10.9 Å². The Morgan fingerprint density at radius 3 is 2.85 bits per heavy atom. The molecule has 0 saturated carbocycles. The van der Waals surface area contributed by atoms with Crippen LogP contribution in [-0.2, 0) is 22.6 Å². The topological polar surface area (TPSA) is 49.3 Å². The molecule has 0 aromatic heterocycles. The highest BCUT2D eigenvalue weighted by Crippen LogP contribution is 2.16. The lowest BCUT2D eigenvalue weighted by atomic mass is 10.1. The smallest absolute Gasteiger partial charge is 0.193 e. The molecular weight excluding hydrogens is 328 g/mol. The first-order chi connectivity index (χ1) is 12.8. The number of nitrogens with one attached hydrogen (secondary N) is 1. The van der Waals surface area contributed by atoms with E-state index in [1.807, 2.05) is 7.05 Å². The van der Waals surface area contributed by atoms with Gasteiger partial charge in [0.2, 0.25) is 0 Å². The summed E-state index contributed by atoms with van der Waals surface area (Å²) in [6.07, 6.45) is 1.17. The summed E-state index contributed by atoms with van der Waals surface area (Å²) in [5.41, 5.74) is 2.66. The first-order valence-electron chi connectivity index (χ1n) is 9.61. The van der Waals surface area contributed by atoms with Crippen LogP contribution in [0.4, 0.5) is 0 Å². The van der Waals surface area contributed by atoms with Crippen LogP contribution < -0.4 is 5.32 Å². The number of aliphatic imine (C=N–C) groups is 1. The molecule has 1 aromatic carbocycles. The van der Waals surface area contributed by atoms with Crippen molar-refractivity contribution in [3.05, 3.63) is 35.4 Å². The molecule has 6 nitrogen and oxygen atoms in total. The molecule has 1 atom stereocenters. The van der Waals surface area contributed by atoms with E-state index in [0.29, 0.717) is 5.92 Å². The molecule has 3 rings (SSSR count). The molecule has 0 bridgehead atoms. The lowest BCUT2D eigenvalue weighted by Gasteiger charge is -2.26. The summed E-state index contributed by atoms with van der Waals surface area (Å²) in [7, 11) is 3.64. The Morgan fingerprint density at radius 1 is 1.27 bits per heavy atom. The Balaban J connectivity index is 1.51. The Kier molecular flexibility index (Phi) is 7.29. The first kappa shape index (κ1) is 19.1. The summed E-state index contributed by atoms with van der Waals surface area (Å²) >= 11 is 0. The highest BCUT2D eigenvalue weighted by molar-refractivity contribution is 5.80. The lowest BCUT2D eigenvalue weighted by Crippen LogP contribution is -2.39. The lowest BCUT2D eigenvalue weighted by molar-refractivity contribution is 0.0342. The highest BCUT2D eigenvalue weighted by atomic mass is 16.5. The molecule has 0 amide bonds. The molecule has 0 radical (unpaired) electrons. The molecule has 2 fully saturated rings. The zero-order valence-corrected chi connectivity index (χ0v) is 16.1. The highest BCUT2D eigenvalue weighted by Gasteiger charge is 2.24. The van der Waals surface area contributed by atoms with E-state index in [1.54, 1.807) is 7.11 Å². The van der Waals surface area contributed by atoms with Gasteiger partial charge in [-0.1, -0.05) is 24.3 Å². The van der Waals surface area contributed by atoms with Gasteiger partial charge in [0.15, 0.2) is 5.96 Å². The number of methoxy groups -OCH3 is 1. The van der Waals surface area contributed by atoms with Gasteiger partial charge in [0.1, 0.15) is 0 Å². The fourth-order valence-electron chi connectivity index (χ4n) is 3.77. The minimum absolute atomic E-state index is 0.607. The average Bonchev–Trinajstić information content (AvgIpc) is 3.12. The van der Waals surface area contributed by atoms with Gasteiger partial charge in [0.25, 0.3) is 0 Å². The van der Waals surface area contributed by atoms with Crippen molar-refractivity contribution >= 4 is 5.96 Å². The van der Waals surface area contributed by atoms with Crippen LogP contribution in [-0.4, -0.2) is 75.9 Å². The van der Waals surface area contributed by atoms with Crippen molar-refractivity contribution in [3.8, 4) is 0 Å². The summed E-state index contributed by atoms with van der Waals surface area (Å²) in [5, 5.41) is 3.52. The molecular formula is C20H32N4O2. The molecule has 2 heterocycles. The van der Waals surface area contributed by atoms with Gasteiger partial charge in [0.05, 0.1) is 19.8 Å². The number of nitrogens with zero attached hydrogens (tertiary/aromatic N) is 3. The van der Waals surface area contributed by atoms with E-state index < -0.39 is 0 Å². The second-order valence-electron chi connectivity index (χ2n) is 7.17. The van der Waals surface area contributed by atoms with Crippen molar-refractivity contribution in [1.29, 1.82) is 0 Å². The van der Waals surface area contributed by atoms with Crippen molar-refractivity contribution in [3.63, 3.8) is 0 Å². The predicted molar refractivity (Wildman–Crippen MR) is 104 cm³/mol. The molecule has 1 aromatic rings. The second kappa shape index (κ2) is 9.90. The standard InChI is InChI=1S/C20H32N4O2/c1-21-20(24-7-6-19(15-24)16-25-2)22-13-17-4-3-5-18(12-17)14-23-8-10-26-11-9-23/h3-5,12,19H,6-11,13-16H2,1-2H3,(H,21,22). The third-order valence-corrected chi connectivity index (χ3v) is 5.15. The second-order valence-corrected chi connectivity index (χ2v) is 7.17. The van der Waals surface area contributed by atoms with E-state index in [4.69, 9.17) is 9.47 Å². The molecule has 1 unspecified atom stereocenters. The molecule has 1 N–H and O–H groups in total. The van der Waals surface area contributed by atoms with Crippen LogP contribution in [0.1, 0.15) is 17.5 Å². The normalized spacial score (nSPS) is 22.0. The number of rotatable bonds is 6. The predicted octanol–water partition coefficient (Wildman–Crippen LogP) is 1.56. The number of morpholine rings is 1. The number of benzene rings is 1. The largest absolute Gasteiger partial charge is 0.384 e. The van der Waals surface area contributed by atoms with Gasteiger partial charge in [-0.25, -0.2) is 0 Å². The molecule has 2 aliphatic rings. The Bertz CT molecular complexity index is 587. The maximum atomic E-state index is 5.43.